The van der Waals surface area contributed by atoms with Crippen LogP contribution < -0.4 is 9.47 Å². The van der Waals surface area contributed by atoms with Gasteiger partial charge < -0.3 is 14.4 Å². The Hall–Kier alpha value is -2.90. The standard InChI is InChI=1S/C25H20Cl2F3NO3/c1-33-21-11-14-6-7-31(24(32)16-9-18(26)12-19(27)10-16)23(20(14)13-22(21)34-2)15-4-3-5-17(8-15)25(28,29)30/h3-5,8-13,23H,6-7H2,1-2H3. The molecule has 3 aromatic rings. The fourth-order valence-corrected chi connectivity index (χ4v) is 4.78. The van der Waals surface area contributed by atoms with Crippen LogP contribution in [0.25, 0.3) is 0 Å². The Labute approximate surface area is 204 Å². The molecular formula is C25H20Cl2F3NO3. The van der Waals surface area contributed by atoms with Crippen molar-refractivity contribution in [3.63, 3.8) is 0 Å². The predicted molar refractivity (Wildman–Crippen MR) is 124 cm³/mol. The van der Waals surface area contributed by atoms with Crippen molar-refractivity contribution in [3.05, 3.63) is 92.5 Å². The molecule has 0 saturated carbocycles. The summed E-state index contributed by atoms with van der Waals surface area (Å²) in [4.78, 5) is 15.1. The maximum absolute atomic E-state index is 13.6. The van der Waals surface area contributed by atoms with E-state index in [0.717, 1.165) is 17.7 Å². The molecule has 4 nitrogen and oxygen atoms in total. The van der Waals surface area contributed by atoms with Crippen molar-refractivity contribution in [2.24, 2.45) is 0 Å². The lowest BCUT2D eigenvalue weighted by Crippen LogP contribution is -2.40. The van der Waals surface area contributed by atoms with E-state index >= 15 is 0 Å². The van der Waals surface area contributed by atoms with Crippen LogP contribution in [-0.4, -0.2) is 31.6 Å². The lowest BCUT2D eigenvalue weighted by atomic mass is 9.86. The topological polar surface area (TPSA) is 38.8 Å². The van der Waals surface area contributed by atoms with Crippen molar-refractivity contribution in [1.82, 2.24) is 4.90 Å². The molecule has 0 bridgehead atoms. The second kappa shape index (κ2) is 9.39. The van der Waals surface area contributed by atoms with Crippen LogP contribution in [0.2, 0.25) is 10.0 Å². The summed E-state index contributed by atoms with van der Waals surface area (Å²) in [7, 11) is 2.99. The third-order valence-corrected chi connectivity index (χ3v) is 6.21. The minimum absolute atomic E-state index is 0.249. The summed E-state index contributed by atoms with van der Waals surface area (Å²) in [6, 6.07) is 12.2. The number of fused-ring (bicyclic) bond motifs is 1. The first kappa shape index (κ1) is 24.2. The van der Waals surface area contributed by atoms with Crippen LogP contribution in [0, 0.1) is 0 Å². The third-order valence-electron chi connectivity index (χ3n) is 5.77. The van der Waals surface area contributed by atoms with E-state index in [4.69, 9.17) is 32.7 Å². The van der Waals surface area contributed by atoms with Gasteiger partial charge in [0.05, 0.1) is 25.8 Å². The van der Waals surface area contributed by atoms with Gasteiger partial charge >= 0.3 is 6.18 Å². The lowest BCUT2D eigenvalue weighted by molar-refractivity contribution is -0.137. The Morgan fingerprint density at radius 1 is 0.971 bits per heavy atom. The second-order valence-electron chi connectivity index (χ2n) is 7.84. The molecule has 178 valence electrons. The van der Waals surface area contributed by atoms with Gasteiger partial charge in [0.15, 0.2) is 11.5 Å². The molecule has 1 aliphatic rings. The molecule has 34 heavy (non-hydrogen) atoms. The number of alkyl halides is 3. The van der Waals surface area contributed by atoms with Gasteiger partial charge in [0.25, 0.3) is 5.91 Å². The number of carbonyl (C=O) groups is 1. The molecule has 3 aromatic carbocycles. The molecule has 1 aliphatic heterocycles. The van der Waals surface area contributed by atoms with E-state index in [1.165, 1.54) is 43.4 Å². The average molecular weight is 510 g/mol. The van der Waals surface area contributed by atoms with E-state index in [9.17, 15) is 18.0 Å². The van der Waals surface area contributed by atoms with Crippen LogP contribution in [-0.2, 0) is 12.6 Å². The molecule has 0 aliphatic carbocycles. The first-order chi connectivity index (χ1) is 16.1. The maximum atomic E-state index is 13.6. The summed E-state index contributed by atoms with van der Waals surface area (Å²) < 4.78 is 51.4. The molecular weight excluding hydrogens is 490 g/mol. The van der Waals surface area contributed by atoms with E-state index in [-0.39, 0.29) is 22.2 Å². The SMILES string of the molecule is COc1cc2c(cc1OC)C(c1cccc(C(F)(F)F)c1)N(C(=O)c1cc(Cl)cc(Cl)c1)CC2. The highest BCUT2D eigenvalue weighted by atomic mass is 35.5. The van der Waals surface area contributed by atoms with Crippen molar-refractivity contribution in [2.45, 2.75) is 18.6 Å². The lowest BCUT2D eigenvalue weighted by Gasteiger charge is -2.38. The molecule has 4 rings (SSSR count). The van der Waals surface area contributed by atoms with Gasteiger partial charge in [-0.15, -0.1) is 0 Å². The van der Waals surface area contributed by atoms with Gasteiger partial charge in [-0.1, -0.05) is 35.3 Å². The van der Waals surface area contributed by atoms with E-state index in [2.05, 4.69) is 0 Å². The minimum atomic E-state index is -4.53. The van der Waals surface area contributed by atoms with E-state index in [1.54, 1.807) is 18.2 Å². The molecule has 0 spiro atoms. The van der Waals surface area contributed by atoms with Crippen LogP contribution in [0.5, 0.6) is 11.5 Å². The number of methoxy groups -OCH3 is 2. The van der Waals surface area contributed by atoms with Gasteiger partial charge in [0.2, 0.25) is 0 Å². The molecule has 1 atom stereocenters. The smallest absolute Gasteiger partial charge is 0.416 e. The Bertz CT molecular complexity index is 1230. The molecule has 0 aromatic heterocycles. The van der Waals surface area contributed by atoms with E-state index in [1.807, 2.05) is 0 Å². The predicted octanol–water partition coefficient (Wildman–Crippen LogP) is 6.82. The maximum Gasteiger partial charge on any atom is 0.416 e. The Morgan fingerprint density at radius 2 is 1.62 bits per heavy atom. The highest BCUT2D eigenvalue weighted by Gasteiger charge is 2.36. The van der Waals surface area contributed by atoms with Gasteiger partial charge in [0, 0.05) is 22.2 Å². The third kappa shape index (κ3) is 4.68. The number of carbonyl (C=O) groups excluding carboxylic acids is 1. The zero-order chi connectivity index (χ0) is 24.6. The van der Waals surface area contributed by atoms with Gasteiger partial charge in [-0.05, 0) is 65.6 Å². The molecule has 0 radical (unpaired) electrons. The van der Waals surface area contributed by atoms with Crippen molar-refractivity contribution < 1.29 is 27.4 Å². The summed E-state index contributed by atoms with van der Waals surface area (Å²) >= 11 is 12.2. The highest BCUT2D eigenvalue weighted by Crippen LogP contribution is 2.43. The summed E-state index contributed by atoms with van der Waals surface area (Å²) in [6.45, 7) is 0.270. The molecule has 1 unspecified atom stereocenters. The Kier molecular flexibility index (Phi) is 6.69. The molecule has 0 N–H and O–H groups in total. The zero-order valence-corrected chi connectivity index (χ0v) is 19.8. The first-order valence-corrected chi connectivity index (χ1v) is 11.1. The van der Waals surface area contributed by atoms with Gasteiger partial charge in [0.1, 0.15) is 0 Å². The Balaban J connectivity index is 1.90. The second-order valence-corrected chi connectivity index (χ2v) is 8.71. The van der Waals surface area contributed by atoms with Crippen LogP contribution in [0.3, 0.4) is 0 Å². The summed E-state index contributed by atoms with van der Waals surface area (Å²) in [5.41, 5.74) is 1.29. The first-order valence-electron chi connectivity index (χ1n) is 10.3. The average Bonchev–Trinajstić information content (AvgIpc) is 2.80. The number of benzene rings is 3. The molecule has 9 heteroatoms. The van der Waals surface area contributed by atoms with Crippen molar-refractivity contribution in [2.75, 3.05) is 20.8 Å². The number of nitrogens with zero attached hydrogens (tertiary/aromatic N) is 1. The van der Waals surface area contributed by atoms with E-state index < -0.39 is 23.7 Å². The largest absolute Gasteiger partial charge is 0.493 e. The minimum Gasteiger partial charge on any atom is -0.493 e. The molecule has 1 amide bonds. The van der Waals surface area contributed by atoms with Gasteiger partial charge in [-0.2, -0.15) is 13.2 Å². The van der Waals surface area contributed by atoms with Crippen LogP contribution in [0.15, 0.2) is 54.6 Å². The van der Waals surface area contributed by atoms with Crippen LogP contribution in [0.1, 0.15) is 38.7 Å². The fourth-order valence-electron chi connectivity index (χ4n) is 4.25. The summed E-state index contributed by atoms with van der Waals surface area (Å²) in [6.07, 6.45) is -4.05. The number of halogens is 5. The normalized spacial score (nSPS) is 15.6. The number of amides is 1. The van der Waals surface area contributed by atoms with Gasteiger partial charge in [-0.3, -0.25) is 4.79 Å². The number of rotatable bonds is 4. The zero-order valence-electron chi connectivity index (χ0n) is 18.2. The summed E-state index contributed by atoms with van der Waals surface area (Å²) in [5, 5.41) is 0.575. The van der Waals surface area contributed by atoms with E-state index in [0.29, 0.717) is 29.0 Å². The highest BCUT2D eigenvalue weighted by molar-refractivity contribution is 6.35. The Morgan fingerprint density at radius 3 is 2.24 bits per heavy atom. The monoisotopic (exact) mass is 509 g/mol. The number of hydrogen-bond donors (Lipinski definition) is 0. The van der Waals surface area contributed by atoms with Crippen LogP contribution >= 0.6 is 23.2 Å². The van der Waals surface area contributed by atoms with Crippen LogP contribution in [0.4, 0.5) is 13.2 Å². The molecule has 1 heterocycles. The van der Waals surface area contributed by atoms with Crippen molar-refractivity contribution in [3.8, 4) is 11.5 Å². The fraction of sp³-hybridized carbons (Fsp3) is 0.240. The number of ether oxygens (including phenoxy) is 2. The molecule has 0 fully saturated rings. The van der Waals surface area contributed by atoms with Gasteiger partial charge in [-0.25, -0.2) is 0 Å². The number of hydrogen-bond acceptors (Lipinski definition) is 3. The molecule has 0 saturated heterocycles. The van der Waals surface area contributed by atoms with Crippen molar-refractivity contribution >= 4 is 29.1 Å². The van der Waals surface area contributed by atoms with Crippen molar-refractivity contribution in [1.29, 1.82) is 0 Å². The summed E-state index contributed by atoms with van der Waals surface area (Å²) in [5.74, 6) is 0.524. The quantitative estimate of drug-likeness (QED) is 0.387.